The first kappa shape index (κ1) is 18.8. The van der Waals surface area contributed by atoms with Gasteiger partial charge in [-0.25, -0.2) is 0 Å². The Morgan fingerprint density at radius 2 is 1.92 bits per heavy atom. The molecule has 1 heterocycles. The van der Waals surface area contributed by atoms with Crippen LogP contribution in [0.4, 0.5) is 13.2 Å². The van der Waals surface area contributed by atoms with Gasteiger partial charge in [-0.2, -0.15) is 13.2 Å². The molecule has 1 fully saturated rings. The Hall–Kier alpha value is -1.53. The van der Waals surface area contributed by atoms with Crippen molar-refractivity contribution >= 4 is 5.70 Å². The number of hydrogen-bond donors (Lipinski definition) is 2. The SMILES string of the molecule is Cc1cc(C(F)(F)F)ccc1/C(=C\C(C)(C)O)N1CCCCC1O. The van der Waals surface area contributed by atoms with Crippen LogP contribution >= 0.6 is 0 Å². The second kappa shape index (κ2) is 6.76. The Labute approximate surface area is 140 Å². The lowest BCUT2D eigenvalue weighted by Gasteiger charge is -2.37. The van der Waals surface area contributed by atoms with Crippen LogP contribution in [0.15, 0.2) is 24.3 Å². The van der Waals surface area contributed by atoms with E-state index in [1.165, 1.54) is 6.07 Å². The van der Waals surface area contributed by atoms with Crippen molar-refractivity contribution in [2.75, 3.05) is 6.54 Å². The van der Waals surface area contributed by atoms with E-state index in [-0.39, 0.29) is 0 Å². The lowest BCUT2D eigenvalue weighted by molar-refractivity contribution is -0.137. The van der Waals surface area contributed by atoms with E-state index in [2.05, 4.69) is 0 Å². The molecule has 1 aliphatic heterocycles. The minimum absolute atomic E-state index is 0.457. The summed E-state index contributed by atoms with van der Waals surface area (Å²) in [5.41, 5.74) is -0.239. The summed E-state index contributed by atoms with van der Waals surface area (Å²) >= 11 is 0. The fourth-order valence-electron chi connectivity index (χ4n) is 2.97. The van der Waals surface area contributed by atoms with Crippen molar-refractivity contribution in [2.45, 2.75) is 58.0 Å². The second-order valence-corrected chi connectivity index (χ2v) is 6.88. The summed E-state index contributed by atoms with van der Waals surface area (Å²) in [6, 6.07) is 3.55. The van der Waals surface area contributed by atoms with Crippen molar-refractivity contribution in [2.24, 2.45) is 0 Å². The molecular formula is C18H24F3NO2. The fourth-order valence-corrected chi connectivity index (χ4v) is 2.97. The highest BCUT2D eigenvalue weighted by atomic mass is 19.4. The molecule has 0 bridgehead atoms. The van der Waals surface area contributed by atoms with E-state index < -0.39 is 23.6 Å². The van der Waals surface area contributed by atoms with E-state index in [0.29, 0.717) is 29.8 Å². The summed E-state index contributed by atoms with van der Waals surface area (Å²) in [7, 11) is 0. The van der Waals surface area contributed by atoms with Crippen LogP contribution in [0.3, 0.4) is 0 Å². The third-order valence-electron chi connectivity index (χ3n) is 4.10. The Balaban J connectivity index is 2.50. The standard InChI is InChI=1S/C18H24F3NO2/c1-12-10-13(18(19,20)21)7-8-14(12)15(11-17(2,3)24)22-9-5-4-6-16(22)23/h7-8,10-11,16,23-24H,4-6,9H2,1-3H3/b15-11+. The van der Waals surface area contributed by atoms with Gasteiger partial charge in [-0.15, -0.1) is 0 Å². The molecule has 0 spiro atoms. The van der Waals surface area contributed by atoms with Gasteiger partial charge in [-0.3, -0.25) is 0 Å². The number of piperidine rings is 1. The molecular weight excluding hydrogens is 319 g/mol. The average molecular weight is 343 g/mol. The molecule has 134 valence electrons. The van der Waals surface area contributed by atoms with Gasteiger partial charge in [-0.05, 0) is 63.8 Å². The van der Waals surface area contributed by atoms with Crippen molar-refractivity contribution in [1.82, 2.24) is 4.90 Å². The molecule has 0 aromatic heterocycles. The number of hydrogen-bond acceptors (Lipinski definition) is 3. The third kappa shape index (κ3) is 4.51. The average Bonchev–Trinajstić information content (AvgIpc) is 2.44. The first-order chi connectivity index (χ1) is 11.0. The number of aliphatic hydroxyl groups excluding tert-OH is 1. The summed E-state index contributed by atoms with van der Waals surface area (Å²) in [6.07, 6.45) is -1.11. The zero-order chi connectivity index (χ0) is 18.1. The molecule has 0 amide bonds. The van der Waals surface area contributed by atoms with Gasteiger partial charge in [-0.1, -0.05) is 6.07 Å². The van der Waals surface area contributed by atoms with Crippen LogP contribution in [0, 0.1) is 6.92 Å². The summed E-state index contributed by atoms with van der Waals surface area (Å²) in [5.74, 6) is 0. The third-order valence-corrected chi connectivity index (χ3v) is 4.10. The van der Waals surface area contributed by atoms with Crippen LogP contribution in [0.5, 0.6) is 0 Å². The topological polar surface area (TPSA) is 43.7 Å². The van der Waals surface area contributed by atoms with E-state index >= 15 is 0 Å². The molecule has 1 unspecified atom stereocenters. The Morgan fingerprint density at radius 1 is 1.25 bits per heavy atom. The van der Waals surface area contributed by atoms with Crippen LogP contribution in [-0.4, -0.2) is 33.5 Å². The number of rotatable bonds is 3. The number of aryl methyl sites for hydroxylation is 1. The first-order valence-electron chi connectivity index (χ1n) is 8.07. The van der Waals surface area contributed by atoms with E-state index in [4.69, 9.17) is 0 Å². The normalized spacial score (nSPS) is 20.4. The van der Waals surface area contributed by atoms with Gasteiger partial charge in [0.25, 0.3) is 0 Å². The van der Waals surface area contributed by atoms with Crippen molar-refractivity contribution in [3.63, 3.8) is 0 Å². The maximum absolute atomic E-state index is 12.9. The van der Waals surface area contributed by atoms with Crippen LogP contribution in [0.1, 0.15) is 49.8 Å². The van der Waals surface area contributed by atoms with Gasteiger partial charge < -0.3 is 15.1 Å². The van der Waals surface area contributed by atoms with E-state index in [1.54, 1.807) is 31.7 Å². The van der Waals surface area contributed by atoms with E-state index in [0.717, 1.165) is 25.0 Å². The van der Waals surface area contributed by atoms with Gasteiger partial charge in [0.15, 0.2) is 0 Å². The first-order valence-corrected chi connectivity index (χ1v) is 8.07. The molecule has 0 saturated carbocycles. The Kier molecular flexibility index (Phi) is 5.30. The monoisotopic (exact) mass is 343 g/mol. The number of nitrogens with zero attached hydrogens (tertiary/aromatic N) is 1. The minimum atomic E-state index is -4.39. The zero-order valence-corrected chi connectivity index (χ0v) is 14.2. The second-order valence-electron chi connectivity index (χ2n) is 6.88. The fraction of sp³-hybridized carbons (Fsp3) is 0.556. The largest absolute Gasteiger partial charge is 0.416 e. The molecule has 1 saturated heterocycles. The van der Waals surface area contributed by atoms with Crippen LogP contribution in [-0.2, 0) is 6.18 Å². The molecule has 2 rings (SSSR count). The molecule has 0 radical (unpaired) electrons. The quantitative estimate of drug-likeness (QED) is 0.874. The van der Waals surface area contributed by atoms with Gasteiger partial charge in [0, 0.05) is 17.8 Å². The van der Waals surface area contributed by atoms with Crippen molar-refractivity contribution in [1.29, 1.82) is 0 Å². The minimum Gasteiger partial charge on any atom is -0.386 e. The van der Waals surface area contributed by atoms with Gasteiger partial charge in [0.1, 0.15) is 6.23 Å². The Morgan fingerprint density at radius 3 is 2.42 bits per heavy atom. The lowest BCUT2D eigenvalue weighted by Crippen LogP contribution is -2.39. The molecule has 1 aromatic carbocycles. The van der Waals surface area contributed by atoms with Gasteiger partial charge >= 0.3 is 6.18 Å². The highest BCUT2D eigenvalue weighted by Crippen LogP contribution is 2.35. The molecule has 0 aliphatic carbocycles. The highest BCUT2D eigenvalue weighted by molar-refractivity contribution is 5.68. The van der Waals surface area contributed by atoms with Crippen molar-refractivity contribution in [3.8, 4) is 0 Å². The van der Waals surface area contributed by atoms with Gasteiger partial charge in [0.05, 0.1) is 11.2 Å². The maximum Gasteiger partial charge on any atom is 0.416 e. The molecule has 1 aliphatic rings. The molecule has 2 N–H and O–H groups in total. The summed E-state index contributed by atoms with van der Waals surface area (Å²) < 4.78 is 38.7. The number of halogens is 3. The van der Waals surface area contributed by atoms with Crippen LogP contribution in [0.2, 0.25) is 0 Å². The van der Waals surface area contributed by atoms with Crippen LogP contribution < -0.4 is 0 Å². The van der Waals surface area contributed by atoms with Gasteiger partial charge in [0.2, 0.25) is 0 Å². The van der Waals surface area contributed by atoms with Crippen molar-refractivity contribution in [3.05, 3.63) is 41.0 Å². The molecule has 6 heteroatoms. The highest BCUT2D eigenvalue weighted by Gasteiger charge is 2.32. The lowest BCUT2D eigenvalue weighted by atomic mass is 9.96. The molecule has 1 atom stereocenters. The zero-order valence-electron chi connectivity index (χ0n) is 14.2. The number of likely N-dealkylation sites (tertiary alicyclic amines) is 1. The smallest absolute Gasteiger partial charge is 0.386 e. The van der Waals surface area contributed by atoms with E-state index in [9.17, 15) is 23.4 Å². The molecule has 24 heavy (non-hydrogen) atoms. The predicted octanol–water partition coefficient (Wildman–Crippen LogP) is 3.93. The predicted molar refractivity (Wildman–Crippen MR) is 87.0 cm³/mol. The number of alkyl halides is 3. The van der Waals surface area contributed by atoms with Crippen LogP contribution in [0.25, 0.3) is 5.70 Å². The van der Waals surface area contributed by atoms with Crippen molar-refractivity contribution < 1.29 is 23.4 Å². The summed E-state index contributed by atoms with van der Waals surface area (Å²) in [6.45, 7) is 5.41. The number of aliphatic hydroxyl groups is 2. The summed E-state index contributed by atoms with van der Waals surface area (Å²) in [4.78, 5) is 1.76. The maximum atomic E-state index is 12.9. The number of benzene rings is 1. The summed E-state index contributed by atoms with van der Waals surface area (Å²) in [5, 5.41) is 20.5. The Bertz CT molecular complexity index is 618. The molecule has 1 aromatic rings. The molecule has 3 nitrogen and oxygen atoms in total. The van der Waals surface area contributed by atoms with E-state index in [1.807, 2.05) is 0 Å².